The van der Waals surface area contributed by atoms with E-state index in [0.717, 1.165) is 12.1 Å². The number of primary amides is 1. The average molecular weight is 263 g/mol. The first-order valence-electron chi connectivity index (χ1n) is 6.50. The van der Waals surface area contributed by atoms with E-state index >= 15 is 0 Å². The summed E-state index contributed by atoms with van der Waals surface area (Å²) in [7, 11) is 0. The van der Waals surface area contributed by atoms with Crippen molar-refractivity contribution in [1.82, 2.24) is 4.90 Å². The molecule has 0 aromatic heterocycles. The van der Waals surface area contributed by atoms with Crippen LogP contribution in [0.4, 0.5) is 0 Å². The SMILES string of the molecule is CC1COCCN1CC(N)(C(N)=O)c1ccccc1. The van der Waals surface area contributed by atoms with Crippen LogP contribution in [0.2, 0.25) is 0 Å². The molecule has 0 spiro atoms. The molecule has 2 rings (SSSR count). The summed E-state index contributed by atoms with van der Waals surface area (Å²) in [4.78, 5) is 14.0. The maximum atomic E-state index is 11.8. The van der Waals surface area contributed by atoms with Crippen LogP contribution >= 0.6 is 0 Å². The molecule has 0 radical (unpaired) electrons. The first-order chi connectivity index (χ1) is 9.04. The molecule has 104 valence electrons. The van der Waals surface area contributed by atoms with Gasteiger partial charge in [0.1, 0.15) is 5.54 Å². The molecule has 0 aliphatic carbocycles. The Kier molecular flexibility index (Phi) is 4.19. The van der Waals surface area contributed by atoms with E-state index in [9.17, 15) is 4.79 Å². The summed E-state index contributed by atoms with van der Waals surface area (Å²) in [5.41, 5.74) is 11.4. The van der Waals surface area contributed by atoms with E-state index in [1.54, 1.807) is 0 Å². The van der Waals surface area contributed by atoms with Crippen LogP contribution in [0.15, 0.2) is 30.3 Å². The highest BCUT2D eigenvalue weighted by Crippen LogP contribution is 2.21. The Morgan fingerprint density at radius 3 is 2.74 bits per heavy atom. The van der Waals surface area contributed by atoms with Gasteiger partial charge in [-0.25, -0.2) is 0 Å². The molecule has 1 heterocycles. The van der Waals surface area contributed by atoms with E-state index in [0.29, 0.717) is 19.8 Å². The first-order valence-corrected chi connectivity index (χ1v) is 6.50. The number of nitrogens with zero attached hydrogens (tertiary/aromatic N) is 1. The third-order valence-corrected chi connectivity index (χ3v) is 3.69. The van der Waals surface area contributed by atoms with Gasteiger partial charge in [0.25, 0.3) is 0 Å². The molecule has 0 saturated carbocycles. The second kappa shape index (κ2) is 5.69. The zero-order chi connectivity index (χ0) is 13.9. The normalized spacial score (nSPS) is 23.8. The lowest BCUT2D eigenvalue weighted by molar-refractivity contribution is -0.125. The van der Waals surface area contributed by atoms with Crippen LogP contribution in [0, 0.1) is 0 Å². The van der Waals surface area contributed by atoms with Crippen molar-refractivity contribution in [3.05, 3.63) is 35.9 Å². The van der Waals surface area contributed by atoms with Gasteiger partial charge in [-0.2, -0.15) is 0 Å². The van der Waals surface area contributed by atoms with Gasteiger partial charge in [-0.15, -0.1) is 0 Å². The van der Waals surface area contributed by atoms with Crippen molar-refractivity contribution >= 4 is 5.91 Å². The quantitative estimate of drug-likeness (QED) is 0.804. The van der Waals surface area contributed by atoms with Crippen LogP contribution in [0.1, 0.15) is 12.5 Å². The second-order valence-corrected chi connectivity index (χ2v) is 5.10. The number of carbonyl (C=O) groups excluding carboxylic acids is 1. The lowest BCUT2D eigenvalue weighted by Gasteiger charge is -2.39. The Bertz CT molecular complexity index is 438. The summed E-state index contributed by atoms with van der Waals surface area (Å²) in [6.45, 7) is 4.56. The molecule has 1 aliphatic heterocycles. The van der Waals surface area contributed by atoms with E-state index in [4.69, 9.17) is 16.2 Å². The van der Waals surface area contributed by atoms with E-state index in [2.05, 4.69) is 11.8 Å². The summed E-state index contributed by atoms with van der Waals surface area (Å²) >= 11 is 0. The maximum Gasteiger partial charge on any atom is 0.243 e. The van der Waals surface area contributed by atoms with Gasteiger partial charge in [0.2, 0.25) is 5.91 Å². The van der Waals surface area contributed by atoms with Gasteiger partial charge in [-0.1, -0.05) is 30.3 Å². The highest BCUT2D eigenvalue weighted by Gasteiger charge is 2.37. The molecule has 2 unspecified atom stereocenters. The van der Waals surface area contributed by atoms with Gasteiger partial charge >= 0.3 is 0 Å². The monoisotopic (exact) mass is 263 g/mol. The van der Waals surface area contributed by atoms with Crippen molar-refractivity contribution in [1.29, 1.82) is 0 Å². The Morgan fingerprint density at radius 2 is 2.16 bits per heavy atom. The molecule has 2 atom stereocenters. The largest absolute Gasteiger partial charge is 0.379 e. The van der Waals surface area contributed by atoms with Crippen LogP contribution in [-0.4, -0.2) is 43.2 Å². The van der Waals surface area contributed by atoms with Crippen molar-refractivity contribution in [2.24, 2.45) is 11.5 Å². The number of morpholine rings is 1. The fraction of sp³-hybridized carbons (Fsp3) is 0.500. The smallest absolute Gasteiger partial charge is 0.243 e. The van der Waals surface area contributed by atoms with Crippen LogP contribution < -0.4 is 11.5 Å². The molecule has 5 heteroatoms. The Labute approximate surface area is 113 Å². The van der Waals surface area contributed by atoms with Crippen molar-refractivity contribution in [3.63, 3.8) is 0 Å². The van der Waals surface area contributed by atoms with Crippen LogP contribution in [0.3, 0.4) is 0 Å². The predicted molar refractivity (Wildman–Crippen MR) is 73.4 cm³/mol. The van der Waals surface area contributed by atoms with E-state index < -0.39 is 11.4 Å². The van der Waals surface area contributed by atoms with Crippen molar-refractivity contribution < 1.29 is 9.53 Å². The van der Waals surface area contributed by atoms with Gasteiger partial charge in [0.05, 0.1) is 13.2 Å². The standard InChI is InChI=1S/C14H21N3O2/c1-11-9-19-8-7-17(11)10-14(16,13(15)18)12-5-3-2-4-6-12/h2-6,11H,7-10,16H2,1H3,(H2,15,18). The van der Waals surface area contributed by atoms with Crippen LogP contribution in [0.25, 0.3) is 0 Å². The molecular weight excluding hydrogens is 242 g/mol. The lowest BCUT2D eigenvalue weighted by Crippen LogP contribution is -2.59. The molecule has 19 heavy (non-hydrogen) atoms. The number of benzene rings is 1. The van der Waals surface area contributed by atoms with Crippen LogP contribution in [0.5, 0.6) is 0 Å². The molecule has 1 saturated heterocycles. The minimum Gasteiger partial charge on any atom is -0.379 e. The van der Waals surface area contributed by atoms with E-state index in [1.165, 1.54) is 0 Å². The van der Waals surface area contributed by atoms with E-state index in [-0.39, 0.29) is 6.04 Å². The minimum absolute atomic E-state index is 0.236. The molecular formula is C14H21N3O2. The molecule has 1 amide bonds. The number of hydrogen-bond donors (Lipinski definition) is 2. The zero-order valence-corrected chi connectivity index (χ0v) is 11.2. The van der Waals surface area contributed by atoms with Gasteiger partial charge in [0.15, 0.2) is 0 Å². The maximum absolute atomic E-state index is 11.8. The summed E-state index contributed by atoms with van der Waals surface area (Å²) in [6.07, 6.45) is 0. The number of carbonyl (C=O) groups is 1. The van der Waals surface area contributed by atoms with Crippen molar-refractivity contribution in [2.45, 2.75) is 18.5 Å². The fourth-order valence-corrected chi connectivity index (χ4v) is 2.36. The van der Waals surface area contributed by atoms with Crippen molar-refractivity contribution in [2.75, 3.05) is 26.3 Å². The molecule has 1 fully saturated rings. The van der Waals surface area contributed by atoms with Crippen LogP contribution in [-0.2, 0) is 15.1 Å². The molecule has 1 aliphatic rings. The van der Waals surface area contributed by atoms with E-state index in [1.807, 2.05) is 30.3 Å². The molecule has 1 aromatic rings. The Balaban J connectivity index is 2.23. The molecule has 5 nitrogen and oxygen atoms in total. The zero-order valence-electron chi connectivity index (χ0n) is 11.2. The van der Waals surface area contributed by atoms with Gasteiger partial charge < -0.3 is 16.2 Å². The van der Waals surface area contributed by atoms with Crippen molar-refractivity contribution in [3.8, 4) is 0 Å². The fourth-order valence-electron chi connectivity index (χ4n) is 2.36. The summed E-state index contributed by atoms with van der Waals surface area (Å²) in [5, 5.41) is 0. The molecule has 4 N–H and O–H groups in total. The number of amides is 1. The number of ether oxygens (including phenoxy) is 1. The summed E-state index contributed by atoms with van der Waals surface area (Å²) in [5.74, 6) is -0.502. The molecule has 0 bridgehead atoms. The number of hydrogen-bond acceptors (Lipinski definition) is 4. The summed E-state index contributed by atoms with van der Waals surface area (Å²) in [6, 6.07) is 9.54. The Hall–Kier alpha value is -1.43. The second-order valence-electron chi connectivity index (χ2n) is 5.10. The average Bonchev–Trinajstić information content (AvgIpc) is 2.42. The minimum atomic E-state index is -1.16. The Morgan fingerprint density at radius 1 is 1.47 bits per heavy atom. The van der Waals surface area contributed by atoms with Gasteiger partial charge in [-0.3, -0.25) is 9.69 Å². The molecule has 1 aromatic carbocycles. The topological polar surface area (TPSA) is 81.6 Å². The first kappa shape index (κ1) is 14.0. The van der Waals surface area contributed by atoms with Gasteiger partial charge in [-0.05, 0) is 12.5 Å². The third-order valence-electron chi connectivity index (χ3n) is 3.69. The lowest BCUT2D eigenvalue weighted by atomic mass is 9.89. The highest BCUT2D eigenvalue weighted by molar-refractivity contribution is 5.86. The summed E-state index contributed by atoms with van der Waals surface area (Å²) < 4.78 is 5.39. The number of nitrogens with two attached hydrogens (primary N) is 2. The number of rotatable bonds is 4. The predicted octanol–water partition coefficient (Wildman–Crippen LogP) is 0.0466. The van der Waals surface area contributed by atoms with Gasteiger partial charge in [0, 0.05) is 19.1 Å². The highest BCUT2D eigenvalue weighted by atomic mass is 16.5. The third kappa shape index (κ3) is 2.94.